The van der Waals surface area contributed by atoms with Gasteiger partial charge in [0.25, 0.3) is 6.02 Å². The second-order valence-electron chi connectivity index (χ2n) is 5.79. The summed E-state index contributed by atoms with van der Waals surface area (Å²) in [5.74, 6) is 1.26. The van der Waals surface area contributed by atoms with E-state index in [1.165, 1.54) is 0 Å². The maximum absolute atomic E-state index is 5.87. The van der Waals surface area contributed by atoms with E-state index in [9.17, 15) is 0 Å². The summed E-state index contributed by atoms with van der Waals surface area (Å²) in [7, 11) is 0. The molecule has 5 heteroatoms. The van der Waals surface area contributed by atoms with Crippen LogP contribution in [0.2, 0.25) is 0 Å². The molecule has 126 valence electrons. The van der Waals surface area contributed by atoms with Gasteiger partial charge in [0.1, 0.15) is 11.5 Å². The highest BCUT2D eigenvalue weighted by Crippen LogP contribution is 2.14. The molecule has 0 heterocycles. The van der Waals surface area contributed by atoms with Crippen molar-refractivity contribution >= 4 is 12.0 Å². The Kier molecular flexibility index (Phi) is 5.95. The standard InChI is InChI=1S/C19H23N3O2/c1-13(2)21-19(24-17-11-7-15(4)8-12-17)22-18(20)23-16-9-5-14(3)6-10-16/h5-13H,1-4H3,(H2,20,21,22). The van der Waals surface area contributed by atoms with Crippen molar-refractivity contribution in [3.63, 3.8) is 0 Å². The molecule has 0 amide bonds. The van der Waals surface area contributed by atoms with Gasteiger partial charge in [-0.2, -0.15) is 0 Å². The third-order valence-corrected chi connectivity index (χ3v) is 3.05. The van der Waals surface area contributed by atoms with Crippen LogP contribution in [-0.4, -0.2) is 18.1 Å². The van der Waals surface area contributed by atoms with Crippen LogP contribution < -0.4 is 15.2 Å². The number of nitrogens with zero attached hydrogens (tertiary/aromatic N) is 2. The van der Waals surface area contributed by atoms with Crippen LogP contribution in [0.15, 0.2) is 58.5 Å². The molecule has 0 unspecified atom stereocenters. The number of aliphatic imine (C=N–C) groups is 2. The summed E-state index contributed by atoms with van der Waals surface area (Å²) in [5, 5.41) is 0. The number of rotatable bonds is 3. The second kappa shape index (κ2) is 8.15. The van der Waals surface area contributed by atoms with Crippen LogP contribution in [0.5, 0.6) is 11.5 Å². The third-order valence-electron chi connectivity index (χ3n) is 3.05. The maximum atomic E-state index is 5.87. The third kappa shape index (κ3) is 5.76. The Hall–Kier alpha value is -2.82. The lowest BCUT2D eigenvalue weighted by Crippen LogP contribution is -2.23. The van der Waals surface area contributed by atoms with Gasteiger partial charge in [-0.15, -0.1) is 4.99 Å². The zero-order chi connectivity index (χ0) is 17.5. The SMILES string of the molecule is Cc1ccc(OC(=NC(C)C)/N=C(\N)Oc2ccc(C)cc2)cc1. The van der Waals surface area contributed by atoms with Gasteiger partial charge >= 0.3 is 6.02 Å². The highest BCUT2D eigenvalue weighted by Gasteiger charge is 2.06. The van der Waals surface area contributed by atoms with Crippen LogP contribution in [0, 0.1) is 13.8 Å². The van der Waals surface area contributed by atoms with E-state index in [2.05, 4.69) is 9.98 Å². The fourth-order valence-corrected chi connectivity index (χ4v) is 1.85. The van der Waals surface area contributed by atoms with E-state index >= 15 is 0 Å². The number of amidine groups is 2. The number of ether oxygens (including phenoxy) is 2. The minimum atomic E-state index is -0.0228. The van der Waals surface area contributed by atoms with Crippen molar-refractivity contribution < 1.29 is 9.47 Å². The zero-order valence-corrected chi connectivity index (χ0v) is 14.5. The number of nitrogens with two attached hydrogens (primary N) is 1. The van der Waals surface area contributed by atoms with Gasteiger partial charge in [-0.3, -0.25) is 0 Å². The van der Waals surface area contributed by atoms with E-state index in [-0.39, 0.29) is 18.1 Å². The average Bonchev–Trinajstić information content (AvgIpc) is 2.51. The predicted octanol–water partition coefficient (Wildman–Crippen LogP) is 3.84. The van der Waals surface area contributed by atoms with Crippen LogP contribution in [0.1, 0.15) is 25.0 Å². The largest absolute Gasteiger partial charge is 0.426 e. The Morgan fingerprint density at radius 1 is 0.833 bits per heavy atom. The van der Waals surface area contributed by atoms with Crippen molar-refractivity contribution in [2.45, 2.75) is 33.7 Å². The molecule has 0 atom stereocenters. The lowest BCUT2D eigenvalue weighted by Gasteiger charge is -2.09. The lowest BCUT2D eigenvalue weighted by atomic mass is 10.2. The summed E-state index contributed by atoms with van der Waals surface area (Å²) < 4.78 is 11.2. The first-order valence-electron chi connectivity index (χ1n) is 7.83. The Morgan fingerprint density at radius 2 is 1.29 bits per heavy atom. The van der Waals surface area contributed by atoms with Gasteiger partial charge in [-0.1, -0.05) is 35.4 Å². The molecular formula is C19H23N3O2. The van der Waals surface area contributed by atoms with Gasteiger partial charge < -0.3 is 15.2 Å². The van der Waals surface area contributed by atoms with Gasteiger partial charge in [0, 0.05) is 6.04 Å². The summed E-state index contributed by atoms with van der Waals surface area (Å²) in [6.07, 6.45) is 0. The predicted molar refractivity (Wildman–Crippen MR) is 97.8 cm³/mol. The molecular weight excluding hydrogens is 302 g/mol. The van der Waals surface area contributed by atoms with E-state index in [4.69, 9.17) is 15.2 Å². The van der Waals surface area contributed by atoms with E-state index in [1.54, 1.807) is 0 Å². The molecule has 0 bridgehead atoms. The fourth-order valence-electron chi connectivity index (χ4n) is 1.85. The molecule has 5 nitrogen and oxygen atoms in total. The molecule has 0 saturated carbocycles. The first-order valence-corrected chi connectivity index (χ1v) is 7.83. The molecule has 0 spiro atoms. The van der Waals surface area contributed by atoms with E-state index in [0.717, 1.165) is 11.1 Å². The molecule has 24 heavy (non-hydrogen) atoms. The lowest BCUT2D eigenvalue weighted by molar-refractivity contribution is 0.516. The zero-order valence-electron chi connectivity index (χ0n) is 14.5. The first-order chi connectivity index (χ1) is 11.4. The average molecular weight is 325 g/mol. The molecule has 0 aromatic heterocycles. The molecule has 2 N–H and O–H groups in total. The molecule has 0 saturated heterocycles. The summed E-state index contributed by atoms with van der Waals surface area (Å²) in [5.41, 5.74) is 8.15. The molecule has 2 rings (SSSR count). The summed E-state index contributed by atoms with van der Waals surface area (Å²) in [4.78, 5) is 8.49. The van der Waals surface area contributed by atoms with Gasteiger partial charge in [-0.05, 0) is 52.0 Å². The molecule has 2 aromatic rings. The highest BCUT2D eigenvalue weighted by molar-refractivity contribution is 5.90. The minimum Gasteiger partial charge on any atom is -0.426 e. The Bertz CT molecular complexity index is 717. The van der Waals surface area contributed by atoms with Crippen LogP contribution in [0.4, 0.5) is 0 Å². The van der Waals surface area contributed by atoms with Crippen LogP contribution in [0.25, 0.3) is 0 Å². The summed E-state index contributed by atoms with van der Waals surface area (Å²) in [6.45, 7) is 7.89. The van der Waals surface area contributed by atoms with Crippen molar-refractivity contribution in [3.8, 4) is 11.5 Å². The van der Waals surface area contributed by atoms with Crippen molar-refractivity contribution in [1.29, 1.82) is 0 Å². The van der Waals surface area contributed by atoms with Gasteiger partial charge in [0.2, 0.25) is 0 Å². The van der Waals surface area contributed by atoms with E-state index in [0.29, 0.717) is 11.5 Å². The Morgan fingerprint density at radius 3 is 1.75 bits per heavy atom. The van der Waals surface area contributed by atoms with Gasteiger partial charge in [-0.25, -0.2) is 4.99 Å². The smallest absolute Gasteiger partial charge is 0.322 e. The molecule has 0 aliphatic rings. The van der Waals surface area contributed by atoms with Crippen molar-refractivity contribution in [2.75, 3.05) is 0 Å². The maximum Gasteiger partial charge on any atom is 0.322 e. The number of aryl methyl sites for hydroxylation is 2. The number of hydrogen-bond donors (Lipinski definition) is 1. The molecule has 2 aromatic carbocycles. The highest BCUT2D eigenvalue weighted by atomic mass is 16.5. The van der Waals surface area contributed by atoms with Crippen LogP contribution >= 0.6 is 0 Å². The molecule has 0 fully saturated rings. The van der Waals surface area contributed by atoms with Gasteiger partial charge in [0.15, 0.2) is 0 Å². The first kappa shape index (κ1) is 17.5. The fraction of sp³-hybridized carbons (Fsp3) is 0.263. The van der Waals surface area contributed by atoms with Gasteiger partial charge in [0.05, 0.1) is 0 Å². The Labute approximate surface area is 142 Å². The monoisotopic (exact) mass is 325 g/mol. The molecule has 0 aliphatic carbocycles. The van der Waals surface area contributed by atoms with Crippen LogP contribution in [-0.2, 0) is 0 Å². The van der Waals surface area contributed by atoms with Crippen LogP contribution in [0.3, 0.4) is 0 Å². The molecule has 0 radical (unpaired) electrons. The van der Waals surface area contributed by atoms with E-state index < -0.39 is 0 Å². The topological polar surface area (TPSA) is 69.2 Å². The van der Waals surface area contributed by atoms with E-state index in [1.807, 2.05) is 76.2 Å². The number of hydrogen-bond acceptors (Lipinski definition) is 3. The second-order valence-corrected chi connectivity index (χ2v) is 5.79. The van der Waals surface area contributed by atoms with Crippen molar-refractivity contribution in [1.82, 2.24) is 0 Å². The van der Waals surface area contributed by atoms with Crippen molar-refractivity contribution in [3.05, 3.63) is 59.7 Å². The normalized spacial score (nSPS) is 12.4. The number of benzene rings is 2. The minimum absolute atomic E-state index is 0.0152. The summed E-state index contributed by atoms with van der Waals surface area (Å²) in [6, 6.07) is 15.3. The summed E-state index contributed by atoms with van der Waals surface area (Å²) >= 11 is 0. The Balaban J connectivity index is 2.14. The molecule has 0 aliphatic heterocycles. The van der Waals surface area contributed by atoms with Crippen molar-refractivity contribution in [2.24, 2.45) is 15.7 Å². The quantitative estimate of drug-likeness (QED) is 0.688.